The first-order valence-corrected chi connectivity index (χ1v) is 4.03. The third-order valence-corrected chi connectivity index (χ3v) is 2.71. The number of allylic oxidation sites excluding steroid dienone is 1. The molecule has 2 heteroatoms. The third kappa shape index (κ3) is 1.47. The van der Waals surface area contributed by atoms with Crippen molar-refractivity contribution >= 4 is 0 Å². The van der Waals surface area contributed by atoms with Crippen LogP contribution >= 0.6 is 0 Å². The molecule has 1 rings (SSSR count). The van der Waals surface area contributed by atoms with Crippen LogP contribution in [-0.2, 0) is 0 Å². The first-order chi connectivity index (χ1) is 5.13. The number of rotatable bonds is 2. The van der Waals surface area contributed by atoms with Crippen LogP contribution in [-0.4, -0.2) is 23.4 Å². The molecule has 0 aromatic carbocycles. The molecule has 0 spiro atoms. The monoisotopic (exact) mass is 156 g/mol. The lowest BCUT2D eigenvalue weighted by Crippen LogP contribution is -2.26. The Hall–Kier alpha value is -0.340. The summed E-state index contributed by atoms with van der Waals surface area (Å²) in [6, 6.07) is 0. The van der Waals surface area contributed by atoms with Gasteiger partial charge in [0.2, 0.25) is 0 Å². The van der Waals surface area contributed by atoms with Gasteiger partial charge in [-0.15, -0.1) is 0 Å². The van der Waals surface area contributed by atoms with Crippen LogP contribution in [0.25, 0.3) is 0 Å². The summed E-state index contributed by atoms with van der Waals surface area (Å²) in [5.74, 6) is 0.453. The van der Waals surface area contributed by atoms with Crippen molar-refractivity contribution in [1.29, 1.82) is 0 Å². The van der Waals surface area contributed by atoms with Gasteiger partial charge in [0, 0.05) is 5.41 Å². The van der Waals surface area contributed by atoms with E-state index in [0.29, 0.717) is 5.92 Å². The number of hydrogen-bond acceptors (Lipinski definition) is 2. The molecule has 1 fully saturated rings. The summed E-state index contributed by atoms with van der Waals surface area (Å²) in [5.41, 5.74) is 0.893. The van der Waals surface area contributed by atoms with Gasteiger partial charge in [0.15, 0.2) is 0 Å². The molecule has 0 amide bonds. The summed E-state index contributed by atoms with van der Waals surface area (Å²) in [5, 5.41) is 18.1. The topological polar surface area (TPSA) is 40.5 Å². The average Bonchev–Trinajstić information content (AvgIpc) is 2.29. The lowest BCUT2D eigenvalue weighted by Gasteiger charge is -2.22. The van der Waals surface area contributed by atoms with Crippen molar-refractivity contribution in [2.75, 3.05) is 13.2 Å². The quantitative estimate of drug-likeness (QED) is 0.584. The summed E-state index contributed by atoms with van der Waals surface area (Å²) in [6.07, 6.45) is 1.65. The van der Waals surface area contributed by atoms with Gasteiger partial charge in [-0.3, -0.25) is 0 Å². The van der Waals surface area contributed by atoms with Crippen molar-refractivity contribution in [2.24, 2.45) is 11.3 Å². The van der Waals surface area contributed by atoms with Crippen molar-refractivity contribution in [3.8, 4) is 0 Å². The fraction of sp³-hybridized carbons (Fsp3) is 0.778. The molecule has 1 atom stereocenters. The number of aliphatic hydroxyl groups is 2. The van der Waals surface area contributed by atoms with E-state index < -0.39 is 0 Å². The van der Waals surface area contributed by atoms with Gasteiger partial charge in [-0.2, -0.15) is 0 Å². The van der Waals surface area contributed by atoms with E-state index >= 15 is 0 Å². The second-order valence-electron chi connectivity index (χ2n) is 3.76. The standard InChI is InChI=1S/C9H16O2/c1-7-3-9(5-10,6-11)4-8(7)2/h8,10-11H,1,3-6H2,2H3/t8-/m1/s1. The molecule has 0 aromatic rings. The molecule has 64 valence electrons. The smallest absolute Gasteiger partial charge is 0.0512 e. The van der Waals surface area contributed by atoms with E-state index in [0.717, 1.165) is 18.4 Å². The Kier molecular flexibility index (Phi) is 2.35. The van der Waals surface area contributed by atoms with Gasteiger partial charge in [-0.05, 0) is 18.8 Å². The van der Waals surface area contributed by atoms with E-state index in [1.807, 2.05) is 0 Å². The van der Waals surface area contributed by atoms with Crippen LogP contribution in [0.3, 0.4) is 0 Å². The second-order valence-corrected chi connectivity index (χ2v) is 3.76. The molecule has 0 aliphatic heterocycles. The third-order valence-electron chi connectivity index (χ3n) is 2.71. The van der Waals surface area contributed by atoms with Crippen LogP contribution in [0.4, 0.5) is 0 Å². The maximum atomic E-state index is 9.05. The Morgan fingerprint density at radius 3 is 2.27 bits per heavy atom. The molecule has 2 nitrogen and oxygen atoms in total. The predicted molar refractivity (Wildman–Crippen MR) is 44.1 cm³/mol. The lowest BCUT2D eigenvalue weighted by molar-refractivity contribution is 0.0590. The second kappa shape index (κ2) is 2.95. The van der Waals surface area contributed by atoms with Crippen molar-refractivity contribution in [2.45, 2.75) is 19.8 Å². The normalized spacial score (nSPS) is 29.4. The first kappa shape index (κ1) is 8.75. The van der Waals surface area contributed by atoms with Gasteiger partial charge in [0.1, 0.15) is 0 Å². The van der Waals surface area contributed by atoms with Crippen molar-refractivity contribution in [3.05, 3.63) is 12.2 Å². The van der Waals surface area contributed by atoms with E-state index in [1.54, 1.807) is 0 Å². The Morgan fingerprint density at radius 1 is 1.55 bits per heavy atom. The molecule has 0 heterocycles. The highest BCUT2D eigenvalue weighted by atomic mass is 16.3. The van der Waals surface area contributed by atoms with Crippen molar-refractivity contribution in [3.63, 3.8) is 0 Å². The molecule has 0 bridgehead atoms. The van der Waals surface area contributed by atoms with E-state index in [9.17, 15) is 0 Å². The Labute approximate surface area is 67.6 Å². The minimum atomic E-state index is -0.267. The molecule has 2 N–H and O–H groups in total. The summed E-state index contributed by atoms with van der Waals surface area (Å²) < 4.78 is 0. The zero-order valence-corrected chi connectivity index (χ0v) is 7.01. The van der Waals surface area contributed by atoms with Gasteiger partial charge in [-0.1, -0.05) is 19.1 Å². The number of hydrogen-bond donors (Lipinski definition) is 2. The predicted octanol–water partition coefficient (Wildman–Crippen LogP) is 0.944. The maximum absolute atomic E-state index is 9.05. The maximum Gasteiger partial charge on any atom is 0.0512 e. The highest BCUT2D eigenvalue weighted by Crippen LogP contribution is 2.43. The molecule has 0 saturated heterocycles. The van der Waals surface area contributed by atoms with Gasteiger partial charge >= 0.3 is 0 Å². The Bertz CT molecular complexity index is 159. The van der Waals surface area contributed by atoms with Gasteiger partial charge in [0.25, 0.3) is 0 Å². The summed E-state index contributed by atoms with van der Waals surface area (Å²) >= 11 is 0. The highest BCUT2D eigenvalue weighted by Gasteiger charge is 2.38. The van der Waals surface area contributed by atoms with Gasteiger partial charge < -0.3 is 10.2 Å². The van der Waals surface area contributed by atoms with Crippen LogP contribution < -0.4 is 0 Å². The van der Waals surface area contributed by atoms with Crippen LogP contribution in [0.15, 0.2) is 12.2 Å². The summed E-state index contributed by atoms with van der Waals surface area (Å²) in [6.45, 7) is 6.15. The van der Waals surface area contributed by atoms with E-state index in [4.69, 9.17) is 10.2 Å². The molecular weight excluding hydrogens is 140 g/mol. The molecule has 11 heavy (non-hydrogen) atoms. The van der Waals surface area contributed by atoms with Crippen LogP contribution in [0.5, 0.6) is 0 Å². The minimum absolute atomic E-state index is 0.0763. The molecule has 1 aliphatic carbocycles. The van der Waals surface area contributed by atoms with E-state index in [1.165, 1.54) is 0 Å². The van der Waals surface area contributed by atoms with Crippen LogP contribution in [0.1, 0.15) is 19.8 Å². The molecule has 0 unspecified atom stereocenters. The van der Waals surface area contributed by atoms with Crippen molar-refractivity contribution < 1.29 is 10.2 Å². The molecule has 0 radical (unpaired) electrons. The van der Waals surface area contributed by atoms with Crippen molar-refractivity contribution in [1.82, 2.24) is 0 Å². The van der Waals surface area contributed by atoms with E-state index in [-0.39, 0.29) is 18.6 Å². The number of aliphatic hydroxyl groups excluding tert-OH is 2. The fourth-order valence-electron chi connectivity index (χ4n) is 1.81. The van der Waals surface area contributed by atoms with Crippen LogP contribution in [0, 0.1) is 11.3 Å². The summed E-state index contributed by atoms with van der Waals surface area (Å²) in [7, 11) is 0. The SMILES string of the molecule is C=C1CC(CO)(CO)C[C@H]1C. The van der Waals surface area contributed by atoms with Gasteiger partial charge in [0.05, 0.1) is 13.2 Å². The first-order valence-electron chi connectivity index (χ1n) is 4.03. The largest absolute Gasteiger partial charge is 0.396 e. The Balaban J connectivity index is 2.68. The molecule has 0 aromatic heterocycles. The molecule has 1 aliphatic rings. The minimum Gasteiger partial charge on any atom is -0.396 e. The zero-order valence-electron chi connectivity index (χ0n) is 7.01. The van der Waals surface area contributed by atoms with E-state index in [2.05, 4.69) is 13.5 Å². The summed E-state index contributed by atoms with van der Waals surface area (Å²) in [4.78, 5) is 0. The fourth-order valence-corrected chi connectivity index (χ4v) is 1.81. The lowest BCUT2D eigenvalue weighted by atomic mass is 9.87. The van der Waals surface area contributed by atoms with Crippen LogP contribution in [0.2, 0.25) is 0 Å². The highest BCUT2D eigenvalue weighted by molar-refractivity contribution is 5.12. The zero-order chi connectivity index (χ0) is 8.48. The average molecular weight is 156 g/mol. The molecular formula is C9H16O2. The van der Waals surface area contributed by atoms with Gasteiger partial charge in [-0.25, -0.2) is 0 Å². The Morgan fingerprint density at radius 2 is 2.09 bits per heavy atom. The molecule has 1 saturated carbocycles.